The molecule has 2 rings (SSSR count). The van der Waals surface area contributed by atoms with Crippen LogP contribution in [0.15, 0.2) is 24.3 Å². The Morgan fingerprint density at radius 3 is 2.56 bits per heavy atom. The number of hydrogen-bond acceptors (Lipinski definition) is 3. The third-order valence-corrected chi connectivity index (χ3v) is 2.18. The Labute approximate surface area is 91.1 Å². The lowest BCUT2D eigenvalue weighted by Gasteiger charge is -2.07. The van der Waals surface area contributed by atoms with Gasteiger partial charge in [0.05, 0.1) is 5.69 Å². The zero-order chi connectivity index (χ0) is 11.5. The minimum absolute atomic E-state index is 0.154. The Bertz CT molecular complexity index is 502. The lowest BCUT2D eigenvalue weighted by Crippen LogP contribution is -2.09. The maximum absolute atomic E-state index is 12.0. The third kappa shape index (κ3) is 2.08. The number of benzene rings is 1. The highest BCUT2D eigenvalue weighted by Gasteiger charge is 2.09. The summed E-state index contributed by atoms with van der Waals surface area (Å²) in [5.41, 5.74) is 0.750. The van der Waals surface area contributed by atoms with Gasteiger partial charge in [0.2, 0.25) is 5.88 Å². The zero-order valence-corrected chi connectivity index (χ0v) is 8.65. The van der Waals surface area contributed by atoms with Crippen LogP contribution in [0.4, 0.5) is 8.78 Å². The van der Waals surface area contributed by atoms with Crippen molar-refractivity contribution in [1.29, 1.82) is 0 Å². The molecule has 0 fully saturated rings. The summed E-state index contributed by atoms with van der Waals surface area (Å²) in [6.45, 7) is 1.15. The molecule has 0 bridgehead atoms. The number of hydrogen-bond donors (Lipinski definition) is 0. The molecule has 1 aromatic carbocycles. The van der Waals surface area contributed by atoms with Gasteiger partial charge in [0.25, 0.3) is 6.43 Å². The van der Waals surface area contributed by atoms with Crippen LogP contribution in [0.1, 0.15) is 5.69 Å². The molecule has 0 N–H and O–H groups in total. The van der Waals surface area contributed by atoms with Gasteiger partial charge in [0.1, 0.15) is 0 Å². The fourth-order valence-corrected chi connectivity index (χ4v) is 1.46. The van der Waals surface area contributed by atoms with Crippen molar-refractivity contribution in [3.8, 4) is 5.88 Å². The van der Waals surface area contributed by atoms with Crippen LogP contribution in [0.25, 0.3) is 10.8 Å². The number of ether oxygens (including phenoxy) is 1. The van der Waals surface area contributed by atoms with Gasteiger partial charge in [-0.25, -0.2) is 8.78 Å². The van der Waals surface area contributed by atoms with Gasteiger partial charge in [-0.3, -0.25) is 0 Å². The minimum Gasteiger partial charge on any atom is -0.470 e. The van der Waals surface area contributed by atoms with E-state index in [-0.39, 0.29) is 5.88 Å². The van der Waals surface area contributed by atoms with Crippen molar-refractivity contribution >= 4 is 10.8 Å². The van der Waals surface area contributed by atoms with E-state index in [1.807, 2.05) is 19.1 Å². The van der Waals surface area contributed by atoms with Crippen molar-refractivity contribution in [2.45, 2.75) is 13.3 Å². The summed E-state index contributed by atoms with van der Waals surface area (Å²) in [5.74, 6) is 0.154. The first-order valence-electron chi connectivity index (χ1n) is 4.81. The number of aryl methyl sites for hydroxylation is 1. The standard InChI is InChI=1S/C11H10F2N2O/c1-7-8-4-2-3-5-9(8)11(15-14-7)16-6-10(12)13/h2-5,10H,6H2,1H3. The second-order valence-corrected chi connectivity index (χ2v) is 3.34. The largest absolute Gasteiger partial charge is 0.470 e. The highest BCUT2D eigenvalue weighted by molar-refractivity contribution is 5.88. The van der Waals surface area contributed by atoms with Gasteiger partial charge in [0.15, 0.2) is 6.61 Å². The molecule has 1 aromatic heterocycles. The van der Waals surface area contributed by atoms with E-state index in [0.717, 1.165) is 11.1 Å². The normalized spacial score (nSPS) is 11.0. The van der Waals surface area contributed by atoms with Crippen LogP contribution in [0.5, 0.6) is 5.88 Å². The molecule has 16 heavy (non-hydrogen) atoms. The fraction of sp³-hybridized carbons (Fsp3) is 0.273. The smallest absolute Gasteiger partial charge is 0.272 e. The summed E-state index contributed by atoms with van der Waals surface area (Å²) in [5, 5.41) is 9.21. The maximum Gasteiger partial charge on any atom is 0.272 e. The van der Waals surface area contributed by atoms with E-state index >= 15 is 0 Å². The molecule has 5 heteroatoms. The average molecular weight is 224 g/mol. The molecule has 0 saturated carbocycles. The predicted octanol–water partition coefficient (Wildman–Crippen LogP) is 2.58. The monoisotopic (exact) mass is 224 g/mol. The van der Waals surface area contributed by atoms with Crippen molar-refractivity contribution in [1.82, 2.24) is 10.2 Å². The molecule has 84 valence electrons. The first-order valence-corrected chi connectivity index (χ1v) is 4.81. The van der Waals surface area contributed by atoms with E-state index in [1.54, 1.807) is 12.1 Å². The van der Waals surface area contributed by atoms with E-state index in [9.17, 15) is 8.78 Å². The topological polar surface area (TPSA) is 35.0 Å². The summed E-state index contributed by atoms with van der Waals surface area (Å²) < 4.78 is 29.0. The molecular weight excluding hydrogens is 214 g/mol. The molecule has 2 aromatic rings. The molecule has 0 atom stereocenters. The first kappa shape index (κ1) is 10.7. The van der Waals surface area contributed by atoms with Crippen molar-refractivity contribution in [2.24, 2.45) is 0 Å². The summed E-state index contributed by atoms with van der Waals surface area (Å²) in [4.78, 5) is 0. The van der Waals surface area contributed by atoms with Gasteiger partial charge >= 0.3 is 0 Å². The molecule has 3 nitrogen and oxygen atoms in total. The Morgan fingerprint density at radius 1 is 1.19 bits per heavy atom. The minimum atomic E-state index is -2.51. The maximum atomic E-state index is 12.0. The highest BCUT2D eigenvalue weighted by atomic mass is 19.3. The van der Waals surface area contributed by atoms with Crippen molar-refractivity contribution in [2.75, 3.05) is 6.61 Å². The van der Waals surface area contributed by atoms with Crippen LogP contribution in [0, 0.1) is 6.92 Å². The number of rotatable bonds is 3. The van der Waals surface area contributed by atoms with E-state index in [2.05, 4.69) is 10.2 Å². The number of halogens is 2. The van der Waals surface area contributed by atoms with Gasteiger partial charge in [0, 0.05) is 10.8 Å². The number of nitrogens with zero attached hydrogens (tertiary/aromatic N) is 2. The quantitative estimate of drug-likeness (QED) is 0.803. The average Bonchev–Trinajstić information content (AvgIpc) is 2.28. The first-order chi connectivity index (χ1) is 7.68. The van der Waals surface area contributed by atoms with Crippen LogP contribution in [0.2, 0.25) is 0 Å². The van der Waals surface area contributed by atoms with Crippen LogP contribution in [-0.2, 0) is 0 Å². The van der Waals surface area contributed by atoms with E-state index < -0.39 is 13.0 Å². The molecule has 0 saturated heterocycles. The molecule has 0 aliphatic rings. The Kier molecular flexibility index (Phi) is 2.94. The SMILES string of the molecule is Cc1nnc(OCC(F)F)c2ccccc12. The molecule has 0 spiro atoms. The number of alkyl halides is 2. The number of fused-ring (bicyclic) bond motifs is 1. The molecular formula is C11H10F2N2O. The zero-order valence-electron chi connectivity index (χ0n) is 8.65. The van der Waals surface area contributed by atoms with Crippen LogP contribution in [-0.4, -0.2) is 23.2 Å². The Balaban J connectivity index is 2.42. The van der Waals surface area contributed by atoms with E-state index in [4.69, 9.17) is 4.74 Å². The fourth-order valence-electron chi connectivity index (χ4n) is 1.46. The van der Waals surface area contributed by atoms with Crippen molar-refractivity contribution < 1.29 is 13.5 Å². The third-order valence-electron chi connectivity index (χ3n) is 2.18. The molecule has 0 radical (unpaired) electrons. The summed E-state index contributed by atoms with van der Waals surface area (Å²) >= 11 is 0. The summed E-state index contributed by atoms with van der Waals surface area (Å²) in [6, 6.07) is 7.29. The van der Waals surface area contributed by atoms with Crippen molar-refractivity contribution in [3.05, 3.63) is 30.0 Å². The Hall–Kier alpha value is -1.78. The second kappa shape index (κ2) is 4.38. The molecule has 1 heterocycles. The van der Waals surface area contributed by atoms with E-state index in [0.29, 0.717) is 5.39 Å². The Morgan fingerprint density at radius 2 is 1.88 bits per heavy atom. The lowest BCUT2D eigenvalue weighted by molar-refractivity contribution is 0.0799. The van der Waals surface area contributed by atoms with Gasteiger partial charge in [-0.1, -0.05) is 18.2 Å². The molecule has 0 aliphatic carbocycles. The summed E-state index contributed by atoms with van der Waals surface area (Å²) in [7, 11) is 0. The molecule has 0 unspecified atom stereocenters. The molecule has 0 aliphatic heterocycles. The molecule has 0 amide bonds. The van der Waals surface area contributed by atoms with Crippen LogP contribution >= 0.6 is 0 Å². The van der Waals surface area contributed by atoms with E-state index in [1.165, 1.54) is 0 Å². The number of aromatic nitrogens is 2. The van der Waals surface area contributed by atoms with Crippen molar-refractivity contribution in [3.63, 3.8) is 0 Å². The van der Waals surface area contributed by atoms with Crippen LogP contribution < -0.4 is 4.74 Å². The second-order valence-electron chi connectivity index (χ2n) is 3.34. The van der Waals surface area contributed by atoms with Gasteiger partial charge in [-0.2, -0.15) is 5.10 Å². The lowest BCUT2D eigenvalue weighted by atomic mass is 10.1. The van der Waals surface area contributed by atoms with Gasteiger partial charge in [-0.15, -0.1) is 5.10 Å². The van der Waals surface area contributed by atoms with Crippen LogP contribution in [0.3, 0.4) is 0 Å². The van der Waals surface area contributed by atoms with Gasteiger partial charge < -0.3 is 4.74 Å². The highest BCUT2D eigenvalue weighted by Crippen LogP contribution is 2.24. The van der Waals surface area contributed by atoms with Gasteiger partial charge in [-0.05, 0) is 13.0 Å². The predicted molar refractivity (Wildman–Crippen MR) is 55.8 cm³/mol. The summed E-state index contributed by atoms with van der Waals surface area (Å²) in [6.07, 6.45) is -2.51.